The van der Waals surface area contributed by atoms with Crippen LogP contribution in [0.3, 0.4) is 0 Å². The predicted octanol–water partition coefficient (Wildman–Crippen LogP) is -7.50. The van der Waals surface area contributed by atoms with Gasteiger partial charge in [0.25, 0.3) is 0 Å². The van der Waals surface area contributed by atoms with E-state index in [1.54, 1.807) is 18.4 Å². The van der Waals surface area contributed by atoms with Gasteiger partial charge in [-0.05, 0) is 12.1 Å². The minimum absolute atomic E-state index is 0. The van der Waals surface area contributed by atoms with Crippen LogP contribution >= 0.6 is 7.82 Å². The predicted molar refractivity (Wildman–Crippen MR) is 90.8 cm³/mol. The van der Waals surface area contributed by atoms with Crippen LogP contribution in [0, 0.1) is 0 Å². The number of hydrogen-bond acceptors (Lipinski definition) is 12. The number of phosphoric acid groups is 1. The first kappa shape index (κ1) is 26.9. The van der Waals surface area contributed by atoms with E-state index >= 15 is 0 Å². The number of aromatic nitrogens is 4. The summed E-state index contributed by atoms with van der Waals surface area (Å²) in [7, 11) is -5.25. The molecule has 0 spiro atoms. The van der Waals surface area contributed by atoms with Gasteiger partial charge in [-0.1, -0.05) is 0 Å². The van der Waals surface area contributed by atoms with Gasteiger partial charge in [0.2, 0.25) is 0 Å². The molecule has 1 aliphatic rings. The van der Waals surface area contributed by atoms with E-state index < -0.39 is 39.0 Å². The van der Waals surface area contributed by atoms with Crippen molar-refractivity contribution in [3.05, 3.63) is 36.8 Å². The fraction of sp³-hybridized carbons (Fsp3) is 0.400. The fourth-order valence-electron chi connectivity index (χ4n) is 3.01. The summed E-state index contributed by atoms with van der Waals surface area (Å²) in [6.07, 6.45) is -1.11. The number of hydrogen-bond donors (Lipinski definition) is 3. The molecule has 1 aliphatic heterocycles. The van der Waals surface area contributed by atoms with Gasteiger partial charge in [-0.2, -0.15) is 0 Å². The van der Waals surface area contributed by atoms with Crippen LogP contribution in [-0.2, 0) is 20.4 Å². The molecule has 0 unspecified atom stereocenters. The van der Waals surface area contributed by atoms with E-state index in [1.807, 2.05) is 0 Å². The third-order valence-electron chi connectivity index (χ3n) is 4.38. The summed E-state index contributed by atoms with van der Waals surface area (Å²) in [5, 5.41) is 23.5. The number of aliphatic hydroxyl groups is 2. The van der Waals surface area contributed by atoms with Gasteiger partial charge in [0.1, 0.15) is 30.4 Å². The maximum Gasteiger partial charge on any atom is 1.00 e. The molecule has 3 aromatic rings. The Bertz CT molecular complexity index is 1030. The molecule has 4 heterocycles. The Morgan fingerprint density at radius 2 is 2.00 bits per heavy atom. The van der Waals surface area contributed by atoms with Crippen LogP contribution in [0.1, 0.15) is 12.0 Å². The summed E-state index contributed by atoms with van der Waals surface area (Å²) in [6, 6.07) is 3.54. The van der Waals surface area contributed by atoms with Gasteiger partial charge in [-0.25, -0.2) is 15.0 Å². The maximum atomic E-state index is 10.6. The molecule has 3 aromatic heterocycles. The van der Waals surface area contributed by atoms with Gasteiger partial charge < -0.3 is 43.6 Å². The van der Waals surface area contributed by atoms with E-state index in [1.165, 1.54) is 17.2 Å². The Labute approximate surface area is 220 Å². The quantitative estimate of drug-likeness (QED) is 0.218. The zero-order valence-corrected chi connectivity index (χ0v) is 21.6. The Balaban J connectivity index is 0.00000171. The number of fused-ring (bicyclic) bond motifs is 1. The number of nitrogens with zero attached hydrogens (tertiary/aromatic N) is 4. The molecule has 1 saturated heterocycles. The summed E-state index contributed by atoms with van der Waals surface area (Å²) in [6.45, 7) is -0.367. The van der Waals surface area contributed by atoms with Crippen LogP contribution in [-0.4, -0.2) is 54.7 Å². The van der Waals surface area contributed by atoms with Gasteiger partial charge in [0.15, 0.2) is 23.2 Å². The summed E-state index contributed by atoms with van der Waals surface area (Å²) in [5.74, 6) is 1.10. The van der Waals surface area contributed by atoms with Crippen molar-refractivity contribution >= 4 is 24.8 Å². The molecular formula is C15H16N5Na2O8P. The molecule has 0 bridgehead atoms. The number of imidazole rings is 1. The molecule has 0 aromatic carbocycles. The monoisotopic (exact) mass is 471 g/mol. The minimum Gasteiger partial charge on any atom is -0.790 e. The average molecular weight is 471 g/mol. The van der Waals surface area contributed by atoms with Crippen LogP contribution in [0.2, 0.25) is 0 Å². The van der Waals surface area contributed by atoms with Crippen LogP contribution in [0.25, 0.3) is 11.2 Å². The van der Waals surface area contributed by atoms with Crippen molar-refractivity contribution in [1.82, 2.24) is 19.5 Å². The van der Waals surface area contributed by atoms with Crippen molar-refractivity contribution in [3.8, 4) is 0 Å². The van der Waals surface area contributed by atoms with E-state index in [0.29, 0.717) is 29.3 Å². The number of rotatable bonds is 7. The molecule has 3 N–H and O–H groups in total. The van der Waals surface area contributed by atoms with Gasteiger partial charge in [-0.15, -0.1) is 0 Å². The molecular weight excluding hydrogens is 455 g/mol. The largest absolute Gasteiger partial charge is 1.00 e. The number of nitrogens with one attached hydrogen (secondary N) is 1. The molecule has 156 valence electrons. The summed E-state index contributed by atoms with van der Waals surface area (Å²) in [5.41, 5.74) is 0.686. The molecule has 0 aliphatic carbocycles. The second-order valence-corrected chi connectivity index (χ2v) is 7.42. The Hall–Kier alpha value is -0.380. The van der Waals surface area contributed by atoms with E-state index in [0.717, 1.165) is 0 Å². The molecule has 4 atom stereocenters. The van der Waals surface area contributed by atoms with Crippen molar-refractivity contribution in [2.24, 2.45) is 0 Å². The van der Waals surface area contributed by atoms with E-state index in [4.69, 9.17) is 9.15 Å². The van der Waals surface area contributed by atoms with Crippen molar-refractivity contribution in [2.45, 2.75) is 31.1 Å². The van der Waals surface area contributed by atoms with Crippen molar-refractivity contribution in [2.75, 3.05) is 11.9 Å². The number of ether oxygens (including phenoxy) is 1. The summed E-state index contributed by atoms with van der Waals surface area (Å²) < 4.78 is 26.9. The van der Waals surface area contributed by atoms with Crippen LogP contribution in [0.5, 0.6) is 0 Å². The maximum absolute atomic E-state index is 10.6. The summed E-state index contributed by atoms with van der Waals surface area (Å²) >= 11 is 0. The molecule has 1 fully saturated rings. The third kappa shape index (κ3) is 6.15. The van der Waals surface area contributed by atoms with E-state index in [-0.39, 0.29) is 59.1 Å². The molecule has 0 radical (unpaired) electrons. The zero-order chi connectivity index (χ0) is 20.6. The topological polar surface area (TPSA) is 191 Å². The average Bonchev–Trinajstić information content (AvgIpc) is 3.39. The first-order valence-corrected chi connectivity index (χ1v) is 9.91. The first-order valence-electron chi connectivity index (χ1n) is 8.45. The van der Waals surface area contributed by atoms with Crippen molar-refractivity contribution in [3.63, 3.8) is 0 Å². The molecule has 4 rings (SSSR count). The van der Waals surface area contributed by atoms with Crippen LogP contribution in [0.4, 0.5) is 5.82 Å². The van der Waals surface area contributed by atoms with Crippen molar-refractivity contribution < 1.29 is 97.4 Å². The van der Waals surface area contributed by atoms with Gasteiger partial charge in [0.05, 0.1) is 33.6 Å². The second kappa shape index (κ2) is 11.2. The second-order valence-electron chi connectivity index (χ2n) is 6.27. The first-order chi connectivity index (χ1) is 13.8. The van der Waals surface area contributed by atoms with Crippen LogP contribution < -0.4 is 74.2 Å². The number of anilines is 1. The summed E-state index contributed by atoms with van der Waals surface area (Å²) in [4.78, 5) is 33.8. The van der Waals surface area contributed by atoms with E-state index in [2.05, 4.69) is 24.8 Å². The Kier molecular flexibility index (Phi) is 9.68. The molecule has 0 amide bonds. The van der Waals surface area contributed by atoms with Crippen molar-refractivity contribution in [1.29, 1.82) is 0 Å². The number of aliphatic hydroxyl groups excluding tert-OH is 2. The number of furan rings is 1. The molecule has 13 nitrogen and oxygen atoms in total. The molecule has 16 heteroatoms. The molecule has 31 heavy (non-hydrogen) atoms. The van der Waals surface area contributed by atoms with Crippen LogP contribution in [0.15, 0.2) is 35.5 Å². The fourth-order valence-corrected chi connectivity index (χ4v) is 3.34. The minimum atomic E-state index is -5.25. The van der Waals surface area contributed by atoms with E-state index in [9.17, 15) is 24.6 Å². The van der Waals surface area contributed by atoms with Gasteiger partial charge >= 0.3 is 59.1 Å². The smallest absolute Gasteiger partial charge is 0.790 e. The number of phosphoric ester groups is 1. The SMILES string of the molecule is O=P([O-])([O-])OC[C@H]1O[C@@H](n2cnc3c(NCc4ccco4)ncnc32)[C@H](O)[C@@H]1O.[Na+].[Na+]. The van der Waals surface area contributed by atoms with Gasteiger partial charge in [0, 0.05) is 0 Å². The van der Waals surface area contributed by atoms with Gasteiger partial charge in [-0.3, -0.25) is 4.57 Å². The normalized spacial score (nSPS) is 23.4. The molecule has 0 saturated carbocycles. The standard InChI is InChI=1S/C15H18N5O8P.2Na/c21-11-9(5-27-29(23,24)25)28-15(12(11)22)20-7-19-10-13(17-6-18-14(10)20)16-4-8-2-1-3-26-8;;/h1-3,6-7,9,11-12,15,21-22H,4-5H2,(H,16,17,18)(H2,23,24,25);;/q;2*+1/p-2/t9-,11-,12-,15-;;/m1../s1. The Morgan fingerprint density at radius 1 is 1.23 bits per heavy atom. The zero-order valence-electron chi connectivity index (χ0n) is 16.7. The third-order valence-corrected chi connectivity index (χ3v) is 4.84. The Morgan fingerprint density at radius 3 is 2.68 bits per heavy atom.